The van der Waals surface area contributed by atoms with E-state index >= 15 is 0 Å². The zero-order valence-corrected chi connectivity index (χ0v) is 9.30. The van der Waals surface area contributed by atoms with Gasteiger partial charge in [-0.25, -0.2) is 0 Å². The molecule has 0 amide bonds. The zero-order chi connectivity index (χ0) is 11.8. The van der Waals surface area contributed by atoms with E-state index in [0.717, 1.165) is 13.0 Å². The van der Waals surface area contributed by atoms with Gasteiger partial charge in [-0.05, 0) is 12.0 Å². The number of nitrogens with zero attached hydrogens (tertiary/aromatic N) is 1. The van der Waals surface area contributed by atoms with Crippen molar-refractivity contribution in [3.8, 4) is 0 Å². The largest absolute Gasteiger partial charge is 0.480 e. The third-order valence-corrected chi connectivity index (χ3v) is 2.31. The molecule has 1 aromatic rings. The third-order valence-electron chi connectivity index (χ3n) is 2.31. The van der Waals surface area contributed by atoms with Crippen LogP contribution in [0.1, 0.15) is 5.56 Å². The molecule has 0 atom stereocenters. The van der Waals surface area contributed by atoms with Crippen LogP contribution >= 0.6 is 0 Å². The maximum Gasteiger partial charge on any atom is 0.317 e. The van der Waals surface area contributed by atoms with Crippen molar-refractivity contribution < 1.29 is 9.90 Å². The van der Waals surface area contributed by atoms with Crippen LogP contribution in [0.15, 0.2) is 43.0 Å². The van der Waals surface area contributed by atoms with Crippen LogP contribution in [0.4, 0.5) is 0 Å². The van der Waals surface area contributed by atoms with Crippen molar-refractivity contribution in [1.29, 1.82) is 0 Å². The molecule has 3 nitrogen and oxygen atoms in total. The van der Waals surface area contributed by atoms with Crippen LogP contribution in [-0.4, -0.2) is 35.6 Å². The van der Waals surface area contributed by atoms with Gasteiger partial charge in [0.05, 0.1) is 6.54 Å². The smallest absolute Gasteiger partial charge is 0.317 e. The summed E-state index contributed by atoms with van der Waals surface area (Å²) in [5.41, 5.74) is 1.22. The van der Waals surface area contributed by atoms with E-state index in [4.69, 9.17) is 5.11 Å². The third kappa shape index (κ3) is 4.75. The van der Waals surface area contributed by atoms with Crippen LogP contribution in [-0.2, 0) is 11.2 Å². The van der Waals surface area contributed by atoms with Gasteiger partial charge >= 0.3 is 5.97 Å². The zero-order valence-electron chi connectivity index (χ0n) is 9.30. The second-order valence-electron chi connectivity index (χ2n) is 3.65. The van der Waals surface area contributed by atoms with Gasteiger partial charge in [-0.15, -0.1) is 6.58 Å². The number of aliphatic carboxylic acids is 1. The van der Waals surface area contributed by atoms with Gasteiger partial charge in [-0.1, -0.05) is 36.4 Å². The van der Waals surface area contributed by atoms with Gasteiger partial charge in [0.2, 0.25) is 0 Å². The van der Waals surface area contributed by atoms with Gasteiger partial charge in [0.1, 0.15) is 0 Å². The number of benzene rings is 1. The van der Waals surface area contributed by atoms with Crippen LogP contribution in [0.3, 0.4) is 0 Å². The normalized spacial score (nSPS) is 10.3. The Labute approximate surface area is 96.0 Å². The molecule has 0 heterocycles. The Morgan fingerprint density at radius 1 is 1.38 bits per heavy atom. The Hall–Kier alpha value is -1.61. The molecule has 86 valence electrons. The Balaban J connectivity index is 2.43. The van der Waals surface area contributed by atoms with E-state index in [1.165, 1.54) is 5.56 Å². The SMILES string of the molecule is C=CCN(CCc1ccccc1)CC(=O)O. The van der Waals surface area contributed by atoms with Gasteiger partial charge in [0.25, 0.3) is 0 Å². The number of hydrogen-bond donors (Lipinski definition) is 1. The summed E-state index contributed by atoms with van der Waals surface area (Å²) in [7, 11) is 0. The van der Waals surface area contributed by atoms with E-state index in [1.54, 1.807) is 6.08 Å². The number of carboxylic acids is 1. The lowest BCUT2D eigenvalue weighted by molar-refractivity contribution is -0.138. The molecule has 0 aliphatic heterocycles. The first kappa shape index (κ1) is 12.5. The Morgan fingerprint density at radius 3 is 2.62 bits per heavy atom. The van der Waals surface area contributed by atoms with Crippen molar-refractivity contribution in [2.45, 2.75) is 6.42 Å². The first-order chi connectivity index (χ1) is 7.72. The molecule has 0 fully saturated rings. The summed E-state index contributed by atoms with van der Waals surface area (Å²) in [6.45, 7) is 5.05. The molecule has 0 spiro atoms. The standard InChI is InChI=1S/C13H17NO2/c1-2-9-14(11-13(15)16)10-8-12-6-4-3-5-7-12/h2-7H,1,8-11H2,(H,15,16). The maximum absolute atomic E-state index is 10.6. The summed E-state index contributed by atoms with van der Waals surface area (Å²) in [5.74, 6) is -0.796. The van der Waals surface area contributed by atoms with E-state index in [-0.39, 0.29) is 6.54 Å². The Kier molecular flexibility index (Phi) is 5.29. The second-order valence-corrected chi connectivity index (χ2v) is 3.65. The number of rotatable bonds is 7. The van der Waals surface area contributed by atoms with E-state index < -0.39 is 5.97 Å². The van der Waals surface area contributed by atoms with Crippen LogP contribution < -0.4 is 0 Å². The van der Waals surface area contributed by atoms with Gasteiger partial charge in [0, 0.05) is 13.1 Å². The van der Waals surface area contributed by atoms with E-state index in [9.17, 15) is 4.79 Å². The minimum absolute atomic E-state index is 0.0683. The second kappa shape index (κ2) is 6.80. The molecule has 16 heavy (non-hydrogen) atoms. The molecule has 0 bridgehead atoms. The van der Waals surface area contributed by atoms with Crippen molar-refractivity contribution in [2.75, 3.05) is 19.6 Å². The highest BCUT2D eigenvalue weighted by Crippen LogP contribution is 2.01. The number of hydrogen-bond acceptors (Lipinski definition) is 2. The summed E-state index contributed by atoms with van der Waals surface area (Å²) in [5, 5.41) is 8.73. The number of carbonyl (C=O) groups is 1. The quantitative estimate of drug-likeness (QED) is 0.711. The van der Waals surface area contributed by atoms with Crippen LogP contribution in [0, 0.1) is 0 Å². The highest BCUT2D eigenvalue weighted by Gasteiger charge is 2.07. The van der Waals surface area contributed by atoms with Gasteiger partial charge in [-0.2, -0.15) is 0 Å². The average molecular weight is 219 g/mol. The van der Waals surface area contributed by atoms with E-state index in [1.807, 2.05) is 35.2 Å². The number of carboxylic acid groups (broad SMARTS) is 1. The van der Waals surface area contributed by atoms with Gasteiger partial charge < -0.3 is 5.11 Å². The van der Waals surface area contributed by atoms with Crippen molar-refractivity contribution in [3.05, 3.63) is 48.6 Å². The summed E-state index contributed by atoms with van der Waals surface area (Å²) in [6.07, 6.45) is 2.59. The molecule has 1 aromatic carbocycles. The molecule has 0 unspecified atom stereocenters. The molecule has 3 heteroatoms. The van der Waals surface area contributed by atoms with E-state index in [0.29, 0.717) is 6.54 Å². The van der Waals surface area contributed by atoms with Crippen molar-refractivity contribution in [1.82, 2.24) is 4.90 Å². The van der Waals surface area contributed by atoms with E-state index in [2.05, 4.69) is 6.58 Å². The minimum Gasteiger partial charge on any atom is -0.480 e. The predicted molar refractivity (Wildman–Crippen MR) is 64.4 cm³/mol. The minimum atomic E-state index is -0.796. The first-order valence-electron chi connectivity index (χ1n) is 5.31. The fraction of sp³-hybridized carbons (Fsp3) is 0.308. The van der Waals surface area contributed by atoms with Crippen LogP contribution in [0.25, 0.3) is 0 Å². The lowest BCUT2D eigenvalue weighted by Crippen LogP contribution is -2.31. The summed E-state index contributed by atoms with van der Waals surface area (Å²) < 4.78 is 0. The fourth-order valence-electron chi connectivity index (χ4n) is 1.54. The maximum atomic E-state index is 10.6. The Bertz CT molecular complexity index is 335. The molecule has 0 aliphatic carbocycles. The van der Waals surface area contributed by atoms with Gasteiger partial charge in [0.15, 0.2) is 0 Å². The van der Waals surface area contributed by atoms with Gasteiger partial charge in [-0.3, -0.25) is 9.69 Å². The molecule has 1 rings (SSSR count). The summed E-state index contributed by atoms with van der Waals surface area (Å²) >= 11 is 0. The molecule has 0 radical (unpaired) electrons. The highest BCUT2D eigenvalue weighted by atomic mass is 16.4. The van der Waals surface area contributed by atoms with Crippen molar-refractivity contribution >= 4 is 5.97 Å². The molecule has 0 aromatic heterocycles. The van der Waals surface area contributed by atoms with Crippen molar-refractivity contribution in [3.63, 3.8) is 0 Å². The summed E-state index contributed by atoms with van der Waals surface area (Å²) in [6, 6.07) is 10.1. The summed E-state index contributed by atoms with van der Waals surface area (Å²) in [4.78, 5) is 12.5. The molecule has 0 saturated carbocycles. The lowest BCUT2D eigenvalue weighted by atomic mass is 10.1. The average Bonchev–Trinajstić information content (AvgIpc) is 2.27. The van der Waals surface area contributed by atoms with Crippen LogP contribution in [0.2, 0.25) is 0 Å². The molecule has 0 saturated heterocycles. The molecule has 1 N–H and O–H groups in total. The van der Waals surface area contributed by atoms with Crippen molar-refractivity contribution in [2.24, 2.45) is 0 Å². The fourth-order valence-corrected chi connectivity index (χ4v) is 1.54. The first-order valence-corrected chi connectivity index (χ1v) is 5.31. The molecule has 0 aliphatic rings. The molecular formula is C13H17NO2. The monoisotopic (exact) mass is 219 g/mol. The Morgan fingerprint density at radius 2 is 2.06 bits per heavy atom. The highest BCUT2D eigenvalue weighted by molar-refractivity contribution is 5.69. The lowest BCUT2D eigenvalue weighted by Gasteiger charge is -2.17. The predicted octanol–water partition coefficient (Wildman–Crippen LogP) is 1.80. The van der Waals surface area contributed by atoms with Crippen LogP contribution in [0.5, 0.6) is 0 Å². The topological polar surface area (TPSA) is 40.5 Å². The molecular weight excluding hydrogens is 202 g/mol.